The average molecular weight is 369 g/mol. The van der Waals surface area contributed by atoms with Crippen molar-refractivity contribution in [2.75, 3.05) is 19.6 Å². The van der Waals surface area contributed by atoms with Gasteiger partial charge in [-0.25, -0.2) is 0 Å². The first-order valence-corrected chi connectivity index (χ1v) is 9.70. The Morgan fingerprint density at radius 2 is 1.62 bits per heavy atom. The predicted octanol–water partition coefficient (Wildman–Crippen LogP) is 5.48. The number of aromatic nitrogens is 1. The Morgan fingerprint density at radius 1 is 0.885 bits per heavy atom. The van der Waals surface area contributed by atoms with Gasteiger partial charge in [0, 0.05) is 23.6 Å². The molecule has 138 valence electrons. The van der Waals surface area contributed by atoms with E-state index in [1.807, 2.05) is 0 Å². The van der Waals surface area contributed by atoms with Crippen LogP contribution in [0.4, 0.5) is 0 Å². The zero-order chi connectivity index (χ0) is 16.9. The summed E-state index contributed by atoms with van der Waals surface area (Å²) in [5.41, 5.74) is 4.22. The molecule has 3 heteroatoms. The third-order valence-electron chi connectivity index (χ3n) is 5.76. The highest BCUT2D eigenvalue weighted by Crippen LogP contribution is 2.25. The molecule has 0 atom stereocenters. The van der Waals surface area contributed by atoms with Crippen LogP contribution in [0.1, 0.15) is 30.4 Å². The van der Waals surface area contributed by atoms with Gasteiger partial charge in [0.2, 0.25) is 0 Å². The molecule has 0 saturated carbocycles. The maximum Gasteiger partial charge on any atom is 0.0456 e. The van der Waals surface area contributed by atoms with Crippen LogP contribution in [0.15, 0.2) is 60.8 Å². The molecule has 0 unspecified atom stereocenters. The second kappa shape index (κ2) is 9.25. The normalized spacial score (nSPS) is 15.8. The molecule has 1 fully saturated rings. The van der Waals surface area contributed by atoms with Gasteiger partial charge >= 0.3 is 0 Å². The zero-order valence-electron chi connectivity index (χ0n) is 15.4. The highest BCUT2D eigenvalue weighted by Gasteiger charge is 2.19. The minimum Gasteiger partial charge on any atom is -0.361 e. The Kier molecular flexibility index (Phi) is 6.76. The molecule has 4 rings (SSSR count). The molecule has 2 aromatic carbocycles. The molecule has 3 aromatic rings. The van der Waals surface area contributed by atoms with E-state index in [1.165, 1.54) is 73.8 Å². The van der Waals surface area contributed by atoms with Gasteiger partial charge in [-0.2, -0.15) is 0 Å². The Hall–Kier alpha value is -1.77. The lowest BCUT2D eigenvalue weighted by Gasteiger charge is -2.32. The lowest BCUT2D eigenvalue weighted by molar-refractivity contribution is 0.181. The molecule has 1 saturated heterocycles. The highest BCUT2D eigenvalue weighted by atomic mass is 35.5. The Balaban J connectivity index is 0.00000196. The molecule has 2 nitrogen and oxygen atoms in total. The summed E-state index contributed by atoms with van der Waals surface area (Å²) in [6.07, 6.45) is 8.64. The van der Waals surface area contributed by atoms with E-state index >= 15 is 0 Å². The van der Waals surface area contributed by atoms with E-state index in [0.29, 0.717) is 0 Å². The number of likely N-dealkylation sites (tertiary alicyclic amines) is 1. The van der Waals surface area contributed by atoms with E-state index in [9.17, 15) is 0 Å². The van der Waals surface area contributed by atoms with Crippen LogP contribution in [-0.2, 0) is 12.8 Å². The smallest absolute Gasteiger partial charge is 0.0456 e. The molecule has 0 amide bonds. The van der Waals surface area contributed by atoms with Crippen molar-refractivity contribution in [3.8, 4) is 0 Å². The maximum atomic E-state index is 3.41. The van der Waals surface area contributed by atoms with E-state index in [2.05, 4.69) is 70.7 Å². The SMILES string of the molecule is Cl.c1ccc(CCN2CCC(CCc3c[nH]c4ccccc34)CC2)cc1. The average Bonchev–Trinajstić information content (AvgIpc) is 3.10. The number of fused-ring (bicyclic) bond motifs is 1. The van der Waals surface area contributed by atoms with E-state index < -0.39 is 0 Å². The van der Waals surface area contributed by atoms with Gasteiger partial charge in [0.15, 0.2) is 0 Å². The van der Waals surface area contributed by atoms with Crippen LogP contribution in [0.3, 0.4) is 0 Å². The standard InChI is InChI=1S/C23H28N2.ClH/c1-2-6-19(7-3-1)12-15-25-16-13-20(14-17-25)10-11-21-18-24-23-9-5-4-8-22(21)23;/h1-9,18,20,24H,10-17H2;1H. The molecule has 1 aromatic heterocycles. The third kappa shape index (κ3) is 4.69. The molecule has 26 heavy (non-hydrogen) atoms. The van der Waals surface area contributed by atoms with Crippen LogP contribution < -0.4 is 0 Å². The topological polar surface area (TPSA) is 19.0 Å². The summed E-state index contributed by atoms with van der Waals surface area (Å²) in [5.74, 6) is 0.890. The number of aryl methyl sites for hydroxylation is 1. The number of halogens is 1. The monoisotopic (exact) mass is 368 g/mol. The first-order valence-electron chi connectivity index (χ1n) is 9.70. The highest BCUT2D eigenvalue weighted by molar-refractivity contribution is 5.85. The Morgan fingerprint density at radius 3 is 2.42 bits per heavy atom. The molecule has 0 radical (unpaired) electrons. The fraction of sp³-hybridized carbons (Fsp3) is 0.391. The van der Waals surface area contributed by atoms with Gasteiger partial charge in [-0.3, -0.25) is 0 Å². The fourth-order valence-corrected chi connectivity index (χ4v) is 4.13. The first-order chi connectivity index (χ1) is 12.4. The van der Waals surface area contributed by atoms with Gasteiger partial charge in [0.1, 0.15) is 0 Å². The zero-order valence-corrected chi connectivity index (χ0v) is 16.2. The van der Waals surface area contributed by atoms with E-state index in [-0.39, 0.29) is 12.4 Å². The second-order valence-corrected chi connectivity index (χ2v) is 7.42. The van der Waals surface area contributed by atoms with Crippen molar-refractivity contribution in [2.45, 2.75) is 32.1 Å². The Labute approximate surface area is 163 Å². The summed E-state index contributed by atoms with van der Waals surface area (Å²) in [4.78, 5) is 6.06. The van der Waals surface area contributed by atoms with E-state index in [1.54, 1.807) is 0 Å². The lowest BCUT2D eigenvalue weighted by atomic mass is 9.90. The van der Waals surface area contributed by atoms with Crippen molar-refractivity contribution >= 4 is 23.3 Å². The number of nitrogens with one attached hydrogen (secondary N) is 1. The summed E-state index contributed by atoms with van der Waals surface area (Å²) < 4.78 is 0. The van der Waals surface area contributed by atoms with Crippen molar-refractivity contribution in [3.63, 3.8) is 0 Å². The molecular formula is C23H29ClN2. The molecule has 2 heterocycles. The number of H-pyrrole nitrogens is 1. The first kappa shape index (κ1) is 19.0. The van der Waals surface area contributed by atoms with Gasteiger partial charge < -0.3 is 9.88 Å². The van der Waals surface area contributed by atoms with E-state index in [4.69, 9.17) is 0 Å². The number of hydrogen-bond donors (Lipinski definition) is 1. The van der Waals surface area contributed by atoms with Crippen molar-refractivity contribution in [3.05, 3.63) is 71.9 Å². The van der Waals surface area contributed by atoms with Gasteiger partial charge in [-0.15, -0.1) is 12.4 Å². The molecule has 0 aliphatic carbocycles. The quantitative estimate of drug-likeness (QED) is 0.610. The molecule has 1 aliphatic heterocycles. The number of aromatic amines is 1. The van der Waals surface area contributed by atoms with Crippen LogP contribution in [0.5, 0.6) is 0 Å². The number of para-hydroxylation sites is 1. The maximum absolute atomic E-state index is 3.41. The Bertz CT molecular complexity index is 788. The minimum absolute atomic E-state index is 0. The molecule has 0 bridgehead atoms. The van der Waals surface area contributed by atoms with Crippen LogP contribution in [0.2, 0.25) is 0 Å². The summed E-state index contributed by atoms with van der Waals surface area (Å²) in [6, 6.07) is 19.5. The summed E-state index contributed by atoms with van der Waals surface area (Å²) in [5, 5.41) is 1.41. The molecule has 1 N–H and O–H groups in total. The third-order valence-corrected chi connectivity index (χ3v) is 5.76. The second-order valence-electron chi connectivity index (χ2n) is 7.42. The molecule has 0 spiro atoms. The van der Waals surface area contributed by atoms with Crippen molar-refractivity contribution in [2.24, 2.45) is 5.92 Å². The van der Waals surface area contributed by atoms with Gasteiger partial charge in [0.25, 0.3) is 0 Å². The van der Waals surface area contributed by atoms with Crippen molar-refractivity contribution < 1.29 is 0 Å². The van der Waals surface area contributed by atoms with Crippen molar-refractivity contribution in [1.29, 1.82) is 0 Å². The fourth-order valence-electron chi connectivity index (χ4n) is 4.13. The number of hydrogen-bond acceptors (Lipinski definition) is 1. The van der Waals surface area contributed by atoms with Crippen LogP contribution in [-0.4, -0.2) is 29.5 Å². The summed E-state index contributed by atoms with van der Waals surface area (Å²) in [6.45, 7) is 3.75. The van der Waals surface area contributed by atoms with E-state index in [0.717, 1.165) is 5.92 Å². The van der Waals surface area contributed by atoms with Gasteiger partial charge in [0.05, 0.1) is 0 Å². The lowest BCUT2D eigenvalue weighted by Crippen LogP contribution is -2.35. The number of rotatable bonds is 6. The van der Waals surface area contributed by atoms with Gasteiger partial charge in [-0.05, 0) is 68.3 Å². The summed E-state index contributed by atoms with van der Waals surface area (Å²) >= 11 is 0. The number of nitrogens with zero attached hydrogens (tertiary/aromatic N) is 1. The minimum atomic E-state index is 0. The number of piperidine rings is 1. The van der Waals surface area contributed by atoms with Crippen LogP contribution >= 0.6 is 12.4 Å². The molecule has 1 aliphatic rings. The predicted molar refractivity (Wildman–Crippen MR) is 113 cm³/mol. The summed E-state index contributed by atoms with van der Waals surface area (Å²) in [7, 11) is 0. The number of benzene rings is 2. The molecular weight excluding hydrogens is 340 g/mol. The van der Waals surface area contributed by atoms with Crippen molar-refractivity contribution in [1.82, 2.24) is 9.88 Å². The van der Waals surface area contributed by atoms with Gasteiger partial charge in [-0.1, -0.05) is 48.5 Å². The van der Waals surface area contributed by atoms with Crippen LogP contribution in [0.25, 0.3) is 10.9 Å². The largest absolute Gasteiger partial charge is 0.361 e. The van der Waals surface area contributed by atoms with Crippen LogP contribution in [0, 0.1) is 5.92 Å².